The number of benzene rings is 10. The number of aromatic amines is 2. The van der Waals surface area contributed by atoms with Crippen molar-refractivity contribution in [2.24, 2.45) is 0 Å². The Labute approximate surface area is 493 Å². The number of rotatable bonds is 3. The summed E-state index contributed by atoms with van der Waals surface area (Å²) in [6.45, 7) is 0. The quantitative estimate of drug-likeness (QED) is 0.173. The number of hydrogen-bond donors (Lipinski definition) is 2. The second-order valence-corrected chi connectivity index (χ2v) is 22.9. The van der Waals surface area contributed by atoms with E-state index in [1.54, 1.807) is 34.2 Å². The first kappa shape index (κ1) is 56.4. The van der Waals surface area contributed by atoms with Crippen molar-refractivity contribution in [3.05, 3.63) is 344 Å². The van der Waals surface area contributed by atoms with E-state index in [4.69, 9.17) is 8.83 Å². The molecule has 0 spiro atoms. The van der Waals surface area contributed by atoms with Gasteiger partial charge >= 0.3 is 0 Å². The van der Waals surface area contributed by atoms with Gasteiger partial charge in [0.1, 0.15) is 11.2 Å². The van der Waals surface area contributed by atoms with Crippen LogP contribution in [0.1, 0.15) is 22.3 Å². The van der Waals surface area contributed by atoms with E-state index < -0.39 is 0 Å². The van der Waals surface area contributed by atoms with Gasteiger partial charge in [0.25, 0.3) is 0 Å². The highest BCUT2D eigenvalue weighted by Crippen LogP contribution is 2.35. The van der Waals surface area contributed by atoms with Crippen LogP contribution in [0.4, 0.5) is 5.69 Å². The molecule has 0 amide bonds. The van der Waals surface area contributed by atoms with Gasteiger partial charge in [-0.1, -0.05) is 223 Å². The lowest BCUT2D eigenvalue weighted by Gasteiger charge is -2.10. The first-order valence-electron chi connectivity index (χ1n) is 28.0. The molecule has 408 valence electrons. The van der Waals surface area contributed by atoms with Crippen LogP contribution in [0.3, 0.4) is 0 Å². The molecule has 10 aromatic carbocycles. The number of furan rings is 2. The van der Waals surface area contributed by atoms with Crippen molar-refractivity contribution < 1.29 is 8.83 Å². The van der Waals surface area contributed by atoms with Crippen LogP contribution in [0.25, 0.3) is 65.2 Å². The average molecular weight is 1110 g/mol. The molecule has 1 aliphatic carbocycles. The van der Waals surface area contributed by atoms with Crippen LogP contribution < -0.4 is 15.3 Å². The van der Waals surface area contributed by atoms with E-state index in [1.165, 1.54) is 71.2 Å². The zero-order valence-corrected chi connectivity index (χ0v) is 49.1. The first-order valence-corrected chi connectivity index (χ1v) is 30.3. The molecule has 0 saturated heterocycles. The number of fused-ring (bicyclic) bond motifs is 10. The normalized spacial score (nSPS) is 10.7. The standard InChI is InChI=1S/C13H10.C13H12.C12H10Si.C10H6O2.C8H7N.C8H11N.C8H6S.C4H5N/c1-3-7-12-10(5-1)9-11-6-2-4-8-13(11)12;1-3-7-12(8-4-1)11-13-9-5-2-6-10-13;1-3-7-11-9(5-1)10-6-2-4-8-12(10)13-11;1-3-11-9-6-8-2-4-12-10(8)5-7(1)9;1-2-4-8-7(3-1)5-6-9-8;1-9(2)8-6-4-3-5-7-8;1-2-4-8-7(3-1)5-6-9-8;1-2-4-5-3-1/h1-8H,9H2;1-10H,11H2;1-8H,13H2;1-6H;1-6,9H;3-7H,1-2H3;1-6H;1-5H. The van der Waals surface area contributed by atoms with E-state index in [2.05, 4.69) is 239 Å². The molecule has 5 aromatic heterocycles. The Hall–Kier alpha value is -9.92. The van der Waals surface area contributed by atoms with Crippen LogP contribution in [0.5, 0.6) is 0 Å². The van der Waals surface area contributed by atoms with Crippen LogP contribution in [0.15, 0.2) is 330 Å². The van der Waals surface area contributed by atoms with Gasteiger partial charge in [-0.25, -0.2) is 0 Å². The van der Waals surface area contributed by atoms with Crippen molar-refractivity contribution in [2.45, 2.75) is 12.8 Å². The maximum absolute atomic E-state index is 5.25. The molecule has 5 nitrogen and oxygen atoms in total. The van der Waals surface area contributed by atoms with Crippen LogP contribution in [0.2, 0.25) is 0 Å². The summed E-state index contributed by atoms with van der Waals surface area (Å²) in [6.07, 6.45) is 11.2. The van der Waals surface area contributed by atoms with Gasteiger partial charge in [0, 0.05) is 59.4 Å². The highest BCUT2D eigenvalue weighted by Gasteiger charge is 2.17. The molecular weight excluding hydrogens is 1050 g/mol. The SMILES string of the molecule is CN(C)c1ccccc1.c1cc2cc3occc3cc2o1.c1cc[nH]c1.c1ccc(Cc2ccccc2)cc1.c1ccc2[nH]ccc2c1.c1ccc2c(c1)Cc1ccccc1-2.c1ccc2c(c1)[SiH2]c1ccccc1-2.c1ccc2sccc2c1. The largest absolute Gasteiger partial charge is 0.464 e. The average Bonchev–Trinajstić information content (AvgIpc) is 4.54. The Kier molecular flexibility index (Phi) is 20.0. The van der Waals surface area contributed by atoms with Gasteiger partial charge in [0.05, 0.1) is 22.0 Å². The van der Waals surface area contributed by atoms with Gasteiger partial charge in [0.2, 0.25) is 0 Å². The lowest BCUT2D eigenvalue weighted by molar-refractivity contribution is 0.612. The van der Waals surface area contributed by atoms with Crippen LogP contribution in [-0.2, 0) is 12.8 Å². The van der Waals surface area contributed by atoms with Crippen LogP contribution >= 0.6 is 11.3 Å². The number of H-pyrrole nitrogens is 2. The third kappa shape index (κ3) is 15.9. The molecule has 0 fully saturated rings. The smallest absolute Gasteiger partial charge is 0.134 e. The van der Waals surface area contributed by atoms with Crippen molar-refractivity contribution in [1.82, 2.24) is 9.97 Å². The minimum absolute atomic E-state index is 0.160. The molecule has 83 heavy (non-hydrogen) atoms. The van der Waals surface area contributed by atoms with Gasteiger partial charge in [-0.3, -0.25) is 0 Å². The third-order valence-electron chi connectivity index (χ3n) is 14.1. The fourth-order valence-corrected chi connectivity index (χ4v) is 12.6. The number of nitrogens with one attached hydrogen (secondary N) is 2. The predicted molar refractivity (Wildman–Crippen MR) is 358 cm³/mol. The number of hydrogen-bond acceptors (Lipinski definition) is 4. The van der Waals surface area contributed by atoms with E-state index in [0.29, 0.717) is 0 Å². The number of anilines is 1. The lowest BCUT2D eigenvalue weighted by atomic mass is 10.1. The number of aromatic nitrogens is 2. The molecule has 15 aromatic rings. The van der Waals surface area contributed by atoms with Gasteiger partial charge in [-0.2, -0.15) is 0 Å². The molecule has 0 saturated carbocycles. The van der Waals surface area contributed by atoms with E-state index in [-0.39, 0.29) is 9.52 Å². The monoisotopic (exact) mass is 1110 g/mol. The summed E-state index contributed by atoms with van der Waals surface area (Å²) in [6, 6.07) is 98.8. The Bertz CT molecular complexity index is 3850. The molecule has 2 N–H and O–H groups in total. The summed E-state index contributed by atoms with van der Waals surface area (Å²) in [5.74, 6) is 0. The minimum atomic E-state index is -0.160. The number of para-hydroxylation sites is 2. The van der Waals surface area contributed by atoms with Gasteiger partial charge < -0.3 is 23.7 Å². The molecule has 6 heterocycles. The third-order valence-corrected chi connectivity index (χ3v) is 17.0. The fraction of sp³-hybridized carbons (Fsp3) is 0.0526. The second kappa shape index (κ2) is 29.5. The van der Waals surface area contributed by atoms with E-state index in [1.807, 2.05) is 99.4 Å². The Morgan fingerprint density at radius 1 is 0.410 bits per heavy atom. The van der Waals surface area contributed by atoms with Gasteiger partial charge in [0.15, 0.2) is 0 Å². The topological polar surface area (TPSA) is 61.1 Å². The van der Waals surface area contributed by atoms with Gasteiger partial charge in [-0.15, -0.1) is 11.3 Å². The van der Waals surface area contributed by atoms with E-state index in [0.717, 1.165) is 34.8 Å². The first-order chi connectivity index (χ1) is 41.0. The fourth-order valence-electron chi connectivity index (χ4n) is 9.91. The highest BCUT2D eigenvalue weighted by atomic mass is 32.1. The maximum Gasteiger partial charge on any atom is 0.134 e. The highest BCUT2D eigenvalue weighted by molar-refractivity contribution is 7.17. The summed E-state index contributed by atoms with van der Waals surface area (Å²) >= 11 is 1.79. The molecule has 0 bridgehead atoms. The second-order valence-electron chi connectivity index (χ2n) is 20.0. The summed E-state index contributed by atoms with van der Waals surface area (Å²) in [4.78, 5) is 8.06. The summed E-state index contributed by atoms with van der Waals surface area (Å²) < 4.78 is 11.9. The molecule has 2 aliphatic rings. The molecule has 17 rings (SSSR count). The Morgan fingerprint density at radius 2 is 0.880 bits per heavy atom. The Morgan fingerprint density at radius 3 is 1.39 bits per heavy atom. The molecule has 0 atom stereocenters. The van der Waals surface area contributed by atoms with Crippen molar-refractivity contribution in [1.29, 1.82) is 0 Å². The molecule has 7 heteroatoms. The summed E-state index contributed by atoms with van der Waals surface area (Å²) in [5.41, 5.74) is 15.7. The molecule has 0 unspecified atom stereocenters. The number of nitrogens with zero attached hydrogens (tertiary/aromatic N) is 1. The number of thiophene rings is 1. The predicted octanol–water partition coefficient (Wildman–Crippen LogP) is 18.3. The zero-order chi connectivity index (χ0) is 56.7. The summed E-state index contributed by atoms with van der Waals surface area (Å²) in [7, 11) is 3.91. The van der Waals surface area contributed by atoms with Crippen molar-refractivity contribution in [3.8, 4) is 22.3 Å². The van der Waals surface area contributed by atoms with Crippen molar-refractivity contribution in [3.63, 3.8) is 0 Å². The lowest BCUT2D eigenvalue weighted by Crippen LogP contribution is -2.20. The van der Waals surface area contributed by atoms with Crippen molar-refractivity contribution in [2.75, 3.05) is 19.0 Å². The molecular formula is C76H67N3O2SSi. The zero-order valence-electron chi connectivity index (χ0n) is 46.9. The van der Waals surface area contributed by atoms with E-state index >= 15 is 0 Å². The van der Waals surface area contributed by atoms with E-state index in [9.17, 15) is 0 Å². The van der Waals surface area contributed by atoms with Crippen LogP contribution in [0, 0.1) is 0 Å². The Balaban J connectivity index is 0.000000107. The van der Waals surface area contributed by atoms with Gasteiger partial charge in [-0.05, 0) is 146 Å². The molecule has 0 radical (unpaired) electrons. The minimum Gasteiger partial charge on any atom is -0.464 e. The van der Waals surface area contributed by atoms with Crippen molar-refractivity contribution >= 4 is 79.8 Å². The molecule has 1 aliphatic heterocycles. The van der Waals surface area contributed by atoms with Crippen LogP contribution in [-0.4, -0.2) is 33.6 Å². The summed E-state index contributed by atoms with van der Waals surface area (Å²) in [5, 5.41) is 10.1. The maximum atomic E-state index is 5.25.